The molecule has 142 valence electrons. The van der Waals surface area contributed by atoms with Gasteiger partial charge in [0, 0.05) is 25.5 Å². The van der Waals surface area contributed by atoms with Crippen molar-refractivity contribution >= 4 is 0 Å². The van der Waals surface area contributed by atoms with Crippen molar-refractivity contribution in [1.29, 1.82) is 0 Å². The van der Waals surface area contributed by atoms with E-state index in [-0.39, 0.29) is 25.3 Å². The second-order valence-corrected chi connectivity index (χ2v) is 6.50. The predicted octanol–water partition coefficient (Wildman–Crippen LogP) is 3.67. The zero-order chi connectivity index (χ0) is 18.9. The van der Waals surface area contributed by atoms with E-state index >= 15 is 0 Å². The summed E-state index contributed by atoms with van der Waals surface area (Å²) in [5.41, 5.74) is -0.651. The second-order valence-electron chi connectivity index (χ2n) is 6.50. The van der Waals surface area contributed by atoms with E-state index < -0.39 is 23.5 Å². The Kier molecular flexibility index (Phi) is 4.85. The van der Waals surface area contributed by atoms with Crippen molar-refractivity contribution in [2.24, 2.45) is 5.92 Å². The lowest BCUT2D eigenvalue weighted by Crippen LogP contribution is -2.27. The van der Waals surface area contributed by atoms with E-state index in [2.05, 4.69) is 14.7 Å². The van der Waals surface area contributed by atoms with Crippen molar-refractivity contribution in [2.45, 2.75) is 50.7 Å². The van der Waals surface area contributed by atoms with Gasteiger partial charge in [-0.3, -0.25) is 14.1 Å². The summed E-state index contributed by atoms with van der Waals surface area (Å²) < 4.78 is 69.9. The molecule has 0 amide bonds. The molecule has 1 aliphatic rings. The summed E-state index contributed by atoms with van der Waals surface area (Å²) in [5, 5.41) is 3.69. The van der Waals surface area contributed by atoms with Crippen LogP contribution in [0, 0.1) is 5.92 Å². The SMILES string of the molecule is O=c1onc(CC2CCC(F)(F)CC2)n1Cc1ccc(C(F)(F)F)nc1. The number of halogens is 5. The van der Waals surface area contributed by atoms with Crippen LogP contribution in [0.25, 0.3) is 0 Å². The maximum atomic E-state index is 13.2. The molecule has 0 N–H and O–H groups in total. The van der Waals surface area contributed by atoms with Crippen molar-refractivity contribution in [3.63, 3.8) is 0 Å². The summed E-state index contributed by atoms with van der Waals surface area (Å²) >= 11 is 0. The Morgan fingerprint density at radius 3 is 2.50 bits per heavy atom. The lowest BCUT2D eigenvalue weighted by atomic mass is 9.84. The molecule has 0 aromatic carbocycles. The third-order valence-electron chi connectivity index (χ3n) is 4.52. The van der Waals surface area contributed by atoms with Crippen LogP contribution in [0.2, 0.25) is 0 Å². The van der Waals surface area contributed by atoms with Gasteiger partial charge in [-0.2, -0.15) is 13.2 Å². The minimum absolute atomic E-state index is 0.0453. The highest BCUT2D eigenvalue weighted by Gasteiger charge is 2.35. The Bertz CT molecular complexity index is 801. The third-order valence-corrected chi connectivity index (χ3v) is 4.52. The molecule has 3 rings (SSSR count). The largest absolute Gasteiger partial charge is 0.441 e. The maximum Gasteiger partial charge on any atom is 0.441 e. The molecule has 2 heterocycles. The average molecular weight is 377 g/mol. The van der Waals surface area contributed by atoms with E-state index in [0.29, 0.717) is 30.7 Å². The average Bonchev–Trinajstić information content (AvgIpc) is 2.90. The first kappa shape index (κ1) is 18.5. The highest BCUT2D eigenvalue weighted by molar-refractivity contribution is 5.16. The minimum atomic E-state index is -4.54. The van der Waals surface area contributed by atoms with Gasteiger partial charge in [0.1, 0.15) is 5.69 Å². The topological polar surface area (TPSA) is 60.9 Å². The van der Waals surface area contributed by atoms with Crippen LogP contribution >= 0.6 is 0 Å². The third kappa shape index (κ3) is 4.28. The van der Waals surface area contributed by atoms with Crippen molar-refractivity contribution in [3.05, 3.63) is 46.0 Å². The Balaban J connectivity index is 1.71. The fourth-order valence-corrected chi connectivity index (χ4v) is 3.03. The summed E-state index contributed by atoms with van der Waals surface area (Å²) in [6.07, 6.45) is -2.99. The molecular weight excluding hydrogens is 361 g/mol. The normalized spacial score (nSPS) is 18.2. The standard InChI is InChI=1S/C16H16F5N3O2/c17-15(18)5-3-10(4-6-15)7-13-23-26-14(25)24(13)9-11-1-2-12(22-8-11)16(19,20)21/h1-2,8,10H,3-7,9H2. The first-order valence-electron chi connectivity index (χ1n) is 8.09. The molecular formula is C16H16F5N3O2. The number of aromatic nitrogens is 3. The molecule has 2 aromatic rings. The molecule has 10 heteroatoms. The van der Waals surface area contributed by atoms with Crippen LogP contribution in [0.4, 0.5) is 22.0 Å². The van der Waals surface area contributed by atoms with E-state index in [1.807, 2.05) is 0 Å². The van der Waals surface area contributed by atoms with Gasteiger partial charge >= 0.3 is 11.9 Å². The zero-order valence-electron chi connectivity index (χ0n) is 13.6. The van der Waals surface area contributed by atoms with E-state index in [1.54, 1.807) is 0 Å². The molecule has 5 nitrogen and oxygen atoms in total. The number of nitrogens with zero attached hydrogens (tertiary/aromatic N) is 3. The number of rotatable bonds is 4. The summed E-state index contributed by atoms with van der Waals surface area (Å²) in [4.78, 5) is 15.2. The lowest BCUT2D eigenvalue weighted by Gasteiger charge is -2.27. The lowest BCUT2D eigenvalue weighted by molar-refractivity contribution is -0.141. The minimum Gasteiger partial charge on any atom is -0.296 e. The second kappa shape index (κ2) is 6.81. The summed E-state index contributed by atoms with van der Waals surface area (Å²) in [6, 6.07) is 2.05. The smallest absolute Gasteiger partial charge is 0.296 e. The molecule has 0 atom stereocenters. The quantitative estimate of drug-likeness (QED) is 0.763. The summed E-state index contributed by atoms with van der Waals surface area (Å²) in [7, 11) is 0. The first-order valence-corrected chi connectivity index (χ1v) is 8.09. The fourth-order valence-electron chi connectivity index (χ4n) is 3.03. The van der Waals surface area contributed by atoms with Crippen LogP contribution in [0.3, 0.4) is 0 Å². The fraction of sp³-hybridized carbons (Fsp3) is 0.562. The van der Waals surface area contributed by atoms with Crippen molar-refractivity contribution in [3.8, 4) is 0 Å². The van der Waals surface area contributed by atoms with Crippen molar-refractivity contribution in [2.75, 3.05) is 0 Å². The molecule has 0 unspecified atom stereocenters. The van der Waals surface area contributed by atoms with Crippen molar-refractivity contribution < 1.29 is 26.5 Å². The van der Waals surface area contributed by atoms with Gasteiger partial charge in [0.15, 0.2) is 5.82 Å². The molecule has 0 bridgehead atoms. The molecule has 2 aromatic heterocycles. The van der Waals surface area contributed by atoms with Gasteiger partial charge in [-0.1, -0.05) is 11.2 Å². The number of hydrogen-bond donors (Lipinski definition) is 0. The molecule has 1 aliphatic carbocycles. The van der Waals surface area contributed by atoms with E-state index in [0.717, 1.165) is 12.3 Å². The number of hydrogen-bond acceptors (Lipinski definition) is 4. The zero-order valence-corrected chi connectivity index (χ0v) is 13.6. The molecule has 0 aliphatic heterocycles. The Morgan fingerprint density at radius 2 is 1.92 bits per heavy atom. The number of alkyl halides is 5. The first-order chi connectivity index (χ1) is 12.1. The van der Waals surface area contributed by atoms with Crippen LogP contribution in [-0.2, 0) is 19.1 Å². The summed E-state index contributed by atoms with van der Waals surface area (Å²) in [5.74, 6) is -3.14. The van der Waals surface area contributed by atoms with Gasteiger partial charge in [-0.25, -0.2) is 13.6 Å². The van der Waals surface area contributed by atoms with E-state index in [1.165, 1.54) is 10.6 Å². The van der Waals surface area contributed by atoms with Gasteiger partial charge in [-0.05, 0) is 30.4 Å². The summed E-state index contributed by atoms with van der Waals surface area (Å²) in [6.45, 7) is -0.0499. The van der Waals surface area contributed by atoms with Crippen LogP contribution in [0.15, 0.2) is 27.6 Å². The van der Waals surface area contributed by atoms with Crippen LogP contribution in [0.5, 0.6) is 0 Å². The monoisotopic (exact) mass is 377 g/mol. The van der Waals surface area contributed by atoms with Crippen LogP contribution in [0.1, 0.15) is 42.8 Å². The predicted molar refractivity (Wildman–Crippen MR) is 79.7 cm³/mol. The van der Waals surface area contributed by atoms with Crippen molar-refractivity contribution in [1.82, 2.24) is 14.7 Å². The Hall–Kier alpha value is -2.26. The highest BCUT2D eigenvalue weighted by Crippen LogP contribution is 2.37. The molecule has 0 spiro atoms. The molecule has 1 fully saturated rings. The highest BCUT2D eigenvalue weighted by atomic mass is 19.4. The van der Waals surface area contributed by atoms with Gasteiger partial charge in [-0.15, -0.1) is 0 Å². The van der Waals surface area contributed by atoms with Crippen LogP contribution < -0.4 is 5.76 Å². The van der Waals surface area contributed by atoms with Gasteiger partial charge in [0.05, 0.1) is 6.54 Å². The van der Waals surface area contributed by atoms with Gasteiger partial charge in [0.25, 0.3) is 0 Å². The Labute approximate surface area is 144 Å². The Morgan fingerprint density at radius 1 is 1.23 bits per heavy atom. The molecule has 0 saturated heterocycles. The maximum absolute atomic E-state index is 13.2. The van der Waals surface area contributed by atoms with E-state index in [4.69, 9.17) is 0 Å². The van der Waals surface area contributed by atoms with Gasteiger partial charge < -0.3 is 0 Å². The molecule has 1 saturated carbocycles. The molecule has 26 heavy (non-hydrogen) atoms. The number of pyridine rings is 1. The van der Waals surface area contributed by atoms with E-state index in [9.17, 15) is 26.7 Å². The molecule has 0 radical (unpaired) electrons. The van der Waals surface area contributed by atoms with Crippen LogP contribution in [-0.4, -0.2) is 20.6 Å². The van der Waals surface area contributed by atoms with Gasteiger partial charge in [0.2, 0.25) is 5.92 Å².